The van der Waals surface area contributed by atoms with Crippen molar-refractivity contribution >= 4 is 5.78 Å². The van der Waals surface area contributed by atoms with Crippen LogP contribution in [0.5, 0.6) is 5.75 Å². The second-order valence-electron chi connectivity index (χ2n) is 4.49. The van der Waals surface area contributed by atoms with Gasteiger partial charge in [0.2, 0.25) is 0 Å². The summed E-state index contributed by atoms with van der Waals surface area (Å²) < 4.78 is 5.19. The molecule has 0 bridgehead atoms. The summed E-state index contributed by atoms with van der Waals surface area (Å²) in [4.78, 5) is 12.0. The number of hydrogen-bond acceptors (Lipinski definition) is 3. The lowest BCUT2D eigenvalue weighted by Crippen LogP contribution is -2.31. The zero-order chi connectivity index (χ0) is 12.1. The maximum atomic E-state index is 12.0. The summed E-state index contributed by atoms with van der Waals surface area (Å²) >= 11 is 0. The lowest BCUT2D eigenvalue weighted by Gasteiger charge is -2.12. The van der Waals surface area contributed by atoms with Gasteiger partial charge in [0.15, 0.2) is 5.78 Å². The molecule has 0 heterocycles. The molecule has 3 nitrogen and oxygen atoms in total. The molecule has 0 amide bonds. The average Bonchev–Trinajstić information content (AvgIpc) is 2.89. The molecule has 3 heteroatoms. The van der Waals surface area contributed by atoms with Crippen molar-refractivity contribution < 1.29 is 9.53 Å². The number of methoxy groups -OCH3 is 1. The van der Waals surface area contributed by atoms with Gasteiger partial charge in [0, 0.05) is 6.04 Å². The number of carbonyl (C=O) groups excluding carboxylic acids is 1. The van der Waals surface area contributed by atoms with Gasteiger partial charge in [-0.2, -0.15) is 0 Å². The Kier molecular flexibility index (Phi) is 4.15. The second kappa shape index (κ2) is 5.82. The van der Waals surface area contributed by atoms with Crippen LogP contribution >= 0.6 is 0 Å². The summed E-state index contributed by atoms with van der Waals surface area (Å²) in [6.45, 7) is 0.408. The minimum atomic E-state index is 0.106. The van der Waals surface area contributed by atoms with Gasteiger partial charge in [-0.15, -0.1) is 0 Å². The molecular weight excluding hydrogens is 214 g/mol. The van der Waals surface area contributed by atoms with Crippen LogP contribution in [0.1, 0.15) is 36.0 Å². The molecule has 2 rings (SSSR count). The van der Waals surface area contributed by atoms with Crippen LogP contribution in [-0.2, 0) is 0 Å². The lowest BCUT2D eigenvalue weighted by molar-refractivity contribution is 0.0984. The fourth-order valence-electron chi connectivity index (χ4n) is 2.34. The van der Waals surface area contributed by atoms with E-state index in [0.717, 1.165) is 0 Å². The summed E-state index contributed by atoms with van der Waals surface area (Å²) in [6, 6.07) is 7.90. The van der Waals surface area contributed by atoms with E-state index in [1.54, 1.807) is 7.11 Å². The van der Waals surface area contributed by atoms with Crippen LogP contribution in [0.15, 0.2) is 24.3 Å². The number of Topliss-reactive ketones (excluding diaryl/α,β-unsaturated/α-hetero) is 1. The van der Waals surface area contributed by atoms with Crippen molar-refractivity contribution in [3.05, 3.63) is 29.8 Å². The Morgan fingerprint density at radius 2 is 2.06 bits per heavy atom. The van der Waals surface area contributed by atoms with Gasteiger partial charge in [-0.25, -0.2) is 0 Å². The molecule has 1 aromatic rings. The Balaban J connectivity index is 1.94. The molecule has 0 atom stereocenters. The van der Waals surface area contributed by atoms with Crippen molar-refractivity contribution in [1.29, 1.82) is 0 Å². The van der Waals surface area contributed by atoms with E-state index in [-0.39, 0.29) is 5.78 Å². The number of hydrogen-bond donors (Lipinski definition) is 1. The van der Waals surface area contributed by atoms with Crippen LogP contribution in [0.4, 0.5) is 0 Å². The summed E-state index contributed by atoms with van der Waals surface area (Å²) in [6.07, 6.45) is 4.94. The van der Waals surface area contributed by atoms with E-state index >= 15 is 0 Å². The van der Waals surface area contributed by atoms with E-state index in [2.05, 4.69) is 5.32 Å². The van der Waals surface area contributed by atoms with Crippen LogP contribution in [0.2, 0.25) is 0 Å². The number of ether oxygens (including phenoxy) is 1. The highest BCUT2D eigenvalue weighted by Gasteiger charge is 2.17. The van der Waals surface area contributed by atoms with Crippen LogP contribution in [0, 0.1) is 0 Å². The summed E-state index contributed by atoms with van der Waals surface area (Å²) in [7, 11) is 1.59. The van der Waals surface area contributed by atoms with Crippen molar-refractivity contribution in [3.63, 3.8) is 0 Å². The van der Waals surface area contributed by atoms with Crippen LogP contribution in [0.3, 0.4) is 0 Å². The molecule has 1 aliphatic rings. The summed E-state index contributed by atoms with van der Waals surface area (Å²) in [5, 5.41) is 3.33. The highest BCUT2D eigenvalue weighted by Crippen LogP contribution is 2.19. The third-order valence-corrected chi connectivity index (χ3v) is 3.31. The first-order valence-electron chi connectivity index (χ1n) is 6.21. The molecule has 1 fully saturated rings. The number of carbonyl (C=O) groups is 1. The highest BCUT2D eigenvalue weighted by atomic mass is 16.5. The quantitative estimate of drug-likeness (QED) is 0.794. The Bertz CT molecular complexity index is 384. The predicted molar refractivity (Wildman–Crippen MR) is 67.6 cm³/mol. The zero-order valence-electron chi connectivity index (χ0n) is 10.2. The first-order valence-corrected chi connectivity index (χ1v) is 6.21. The largest absolute Gasteiger partial charge is 0.496 e. The van der Waals surface area contributed by atoms with E-state index < -0.39 is 0 Å². The van der Waals surface area contributed by atoms with E-state index in [1.165, 1.54) is 25.7 Å². The smallest absolute Gasteiger partial charge is 0.180 e. The van der Waals surface area contributed by atoms with Gasteiger partial charge in [-0.05, 0) is 25.0 Å². The first-order chi connectivity index (χ1) is 8.31. The monoisotopic (exact) mass is 233 g/mol. The number of ketones is 1. The molecule has 0 aromatic heterocycles. The molecule has 1 N–H and O–H groups in total. The van der Waals surface area contributed by atoms with Crippen molar-refractivity contribution in [2.24, 2.45) is 0 Å². The molecule has 0 radical (unpaired) electrons. The molecular formula is C14H19NO2. The van der Waals surface area contributed by atoms with Gasteiger partial charge in [-0.1, -0.05) is 25.0 Å². The topological polar surface area (TPSA) is 38.3 Å². The van der Waals surface area contributed by atoms with Gasteiger partial charge in [0.05, 0.1) is 19.2 Å². The average molecular weight is 233 g/mol. The number of para-hydroxylation sites is 1. The van der Waals surface area contributed by atoms with Gasteiger partial charge < -0.3 is 10.1 Å². The number of benzene rings is 1. The van der Waals surface area contributed by atoms with Crippen LogP contribution in [-0.4, -0.2) is 25.5 Å². The molecule has 92 valence electrons. The Hall–Kier alpha value is -1.35. The van der Waals surface area contributed by atoms with Crippen molar-refractivity contribution in [1.82, 2.24) is 5.32 Å². The molecule has 0 aliphatic heterocycles. The molecule has 1 aromatic carbocycles. The van der Waals surface area contributed by atoms with E-state index in [1.807, 2.05) is 24.3 Å². The molecule has 0 saturated heterocycles. The van der Waals surface area contributed by atoms with Crippen molar-refractivity contribution in [3.8, 4) is 5.75 Å². The predicted octanol–water partition coefficient (Wildman–Crippen LogP) is 2.41. The Morgan fingerprint density at radius 3 is 2.76 bits per heavy atom. The normalized spacial score (nSPS) is 16.1. The summed E-state index contributed by atoms with van der Waals surface area (Å²) in [5.41, 5.74) is 0.667. The van der Waals surface area contributed by atoms with Gasteiger partial charge in [0.1, 0.15) is 5.75 Å². The lowest BCUT2D eigenvalue weighted by atomic mass is 10.1. The Morgan fingerprint density at radius 1 is 1.35 bits per heavy atom. The van der Waals surface area contributed by atoms with E-state index in [9.17, 15) is 4.79 Å². The minimum Gasteiger partial charge on any atom is -0.496 e. The fourth-order valence-corrected chi connectivity index (χ4v) is 2.34. The third-order valence-electron chi connectivity index (χ3n) is 3.31. The second-order valence-corrected chi connectivity index (χ2v) is 4.49. The minimum absolute atomic E-state index is 0.106. The molecule has 0 spiro atoms. The number of nitrogens with one attached hydrogen (secondary N) is 1. The molecule has 1 aliphatic carbocycles. The van der Waals surface area contributed by atoms with Crippen LogP contribution < -0.4 is 10.1 Å². The highest BCUT2D eigenvalue weighted by molar-refractivity contribution is 6.00. The van der Waals surface area contributed by atoms with Crippen molar-refractivity contribution in [2.45, 2.75) is 31.7 Å². The molecule has 1 saturated carbocycles. The fraction of sp³-hybridized carbons (Fsp3) is 0.500. The maximum absolute atomic E-state index is 12.0. The first kappa shape index (κ1) is 12.1. The Labute approximate surface area is 102 Å². The van der Waals surface area contributed by atoms with Crippen molar-refractivity contribution in [2.75, 3.05) is 13.7 Å². The van der Waals surface area contributed by atoms with Crippen LogP contribution in [0.25, 0.3) is 0 Å². The molecule has 17 heavy (non-hydrogen) atoms. The van der Waals surface area contributed by atoms with Gasteiger partial charge in [0.25, 0.3) is 0 Å². The number of rotatable bonds is 5. The zero-order valence-corrected chi connectivity index (χ0v) is 10.2. The van der Waals surface area contributed by atoms with Gasteiger partial charge >= 0.3 is 0 Å². The SMILES string of the molecule is COc1ccccc1C(=O)CNC1CCCC1. The van der Waals surface area contributed by atoms with Gasteiger partial charge in [-0.3, -0.25) is 4.79 Å². The summed E-state index contributed by atoms with van der Waals surface area (Å²) in [5.74, 6) is 0.764. The standard InChI is InChI=1S/C14H19NO2/c1-17-14-9-5-4-8-12(14)13(16)10-15-11-6-2-3-7-11/h4-5,8-9,11,15H,2-3,6-7,10H2,1H3. The van der Waals surface area contributed by atoms with E-state index in [4.69, 9.17) is 4.74 Å². The third kappa shape index (κ3) is 3.07. The maximum Gasteiger partial charge on any atom is 0.180 e. The molecule has 0 unspecified atom stereocenters. The van der Waals surface area contributed by atoms with E-state index in [0.29, 0.717) is 23.9 Å².